The van der Waals surface area contributed by atoms with Crippen molar-refractivity contribution >= 4 is 10.0 Å². The van der Waals surface area contributed by atoms with Crippen molar-refractivity contribution in [3.8, 4) is 18.4 Å². The van der Waals surface area contributed by atoms with Crippen molar-refractivity contribution in [2.45, 2.75) is 37.1 Å². The molecule has 19 heavy (non-hydrogen) atoms. The molecule has 1 atom stereocenters. The highest BCUT2D eigenvalue weighted by Crippen LogP contribution is 2.12. The maximum atomic E-state index is 12.1. The third-order valence-electron chi connectivity index (χ3n) is 2.70. The lowest BCUT2D eigenvalue weighted by molar-refractivity contribution is 0.544. The second-order valence-corrected chi connectivity index (χ2v) is 5.83. The van der Waals surface area contributed by atoms with E-state index in [1.54, 1.807) is 12.1 Å². The fraction of sp³-hybridized carbons (Fsp3) is 0.357. The van der Waals surface area contributed by atoms with Crippen LogP contribution < -0.4 is 4.72 Å². The number of terminal acetylenes is 1. The Labute approximate surface area is 114 Å². The lowest BCUT2D eigenvalue weighted by Gasteiger charge is -2.14. The van der Waals surface area contributed by atoms with Crippen molar-refractivity contribution in [1.29, 1.82) is 5.26 Å². The van der Waals surface area contributed by atoms with Crippen molar-refractivity contribution in [2.24, 2.45) is 0 Å². The molecule has 0 aromatic heterocycles. The molecule has 0 aliphatic rings. The molecule has 5 heteroatoms. The summed E-state index contributed by atoms with van der Waals surface area (Å²) in [7, 11) is -3.55. The van der Waals surface area contributed by atoms with Gasteiger partial charge in [0.25, 0.3) is 0 Å². The summed E-state index contributed by atoms with van der Waals surface area (Å²) in [5.74, 6) is 2.46. The van der Waals surface area contributed by atoms with Crippen LogP contribution in [0.4, 0.5) is 0 Å². The zero-order valence-corrected chi connectivity index (χ0v) is 11.6. The van der Waals surface area contributed by atoms with E-state index < -0.39 is 10.0 Å². The van der Waals surface area contributed by atoms with Crippen molar-refractivity contribution in [3.05, 3.63) is 29.8 Å². The van der Waals surface area contributed by atoms with Crippen molar-refractivity contribution in [1.82, 2.24) is 4.72 Å². The van der Waals surface area contributed by atoms with Crippen LogP contribution in [-0.4, -0.2) is 14.5 Å². The van der Waals surface area contributed by atoms with Crippen LogP contribution >= 0.6 is 0 Å². The quantitative estimate of drug-likeness (QED) is 0.806. The van der Waals surface area contributed by atoms with Gasteiger partial charge in [0.15, 0.2) is 0 Å². The molecule has 1 aromatic rings. The van der Waals surface area contributed by atoms with E-state index in [2.05, 4.69) is 10.6 Å². The summed E-state index contributed by atoms with van der Waals surface area (Å²) < 4.78 is 26.8. The molecule has 4 nitrogen and oxygen atoms in total. The normalized spacial score (nSPS) is 12.4. The van der Waals surface area contributed by atoms with Gasteiger partial charge in [0.2, 0.25) is 10.0 Å². The Morgan fingerprint density at radius 1 is 1.37 bits per heavy atom. The van der Waals surface area contributed by atoms with E-state index >= 15 is 0 Å². The van der Waals surface area contributed by atoms with Gasteiger partial charge in [-0.1, -0.05) is 19.1 Å². The second-order valence-electron chi connectivity index (χ2n) is 4.11. The van der Waals surface area contributed by atoms with Crippen LogP contribution in [0.25, 0.3) is 0 Å². The molecule has 0 saturated carbocycles. The standard InChI is InChI=1S/C14H16N2O2S/c1-3-5-13(4-2)16-19(17,18)14-8-6-12(7-9-14)10-11-15/h1,6-9,13,16H,4-5,10H2,2H3. The maximum Gasteiger partial charge on any atom is 0.240 e. The second kappa shape index (κ2) is 6.94. The van der Waals surface area contributed by atoms with Crippen molar-refractivity contribution in [2.75, 3.05) is 0 Å². The summed E-state index contributed by atoms with van der Waals surface area (Å²) in [6.45, 7) is 1.88. The predicted molar refractivity (Wildman–Crippen MR) is 73.6 cm³/mol. The molecule has 1 aromatic carbocycles. The number of hydrogen-bond donors (Lipinski definition) is 1. The average Bonchev–Trinajstić information content (AvgIpc) is 2.39. The third-order valence-corrected chi connectivity index (χ3v) is 4.23. The van der Waals surface area contributed by atoms with Gasteiger partial charge < -0.3 is 0 Å². The lowest BCUT2D eigenvalue weighted by Crippen LogP contribution is -2.34. The fourth-order valence-electron chi connectivity index (χ4n) is 1.58. The van der Waals surface area contributed by atoms with E-state index in [9.17, 15) is 8.42 Å². The Morgan fingerprint density at radius 2 is 2.00 bits per heavy atom. The number of hydrogen-bond acceptors (Lipinski definition) is 3. The van der Waals surface area contributed by atoms with E-state index in [0.717, 1.165) is 5.56 Å². The Kier molecular flexibility index (Phi) is 5.57. The van der Waals surface area contributed by atoms with Crippen LogP contribution in [0.2, 0.25) is 0 Å². The molecule has 1 N–H and O–H groups in total. The van der Waals surface area contributed by atoms with Crippen LogP contribution in [0, 0.1) is 23.7 Å². The number of rotatable bonds is 6. The molecular formula is C14H16N2O2S. The topological polar surface area (TPSA) is 70.0 Å². The first kappa shape index (κ1) is 15.2. The molecule has 0 aliphatic carbocycles. The van der Waals surface area contributed by atoms with Gasteiger partial charge in [-0.05, 0) is 24.1 Å². The highest BCUT2D eigenvalue weighted by molar-refractivity contribution is 7.89. The molecule has 0 heterocycles. The summed E-state index contributed by atoms with van der Waals surface area (Å²) in [6.07, 6.45) is 6.46. The summed E-state index contributed by atoms with van der Waals surface area (Å²) >= 11 is 0. The average molecular weight is 276 g/mol. The van der Waals surface area contributed by atoms with Gasteiger partial charge in [-0.3, -0.25) is 0 Å². The Balaban J connectivity index is 2.88. The van der Waals surface area contributed by atoms with E-state index in [-0.39, 0.29) is 17.4 Å². The Bertz CT molecular complexity index is 592. The maximum absolute atomic E-state index is 12.1. The summed E-state index contributed by atoms with van der Waals surface area (Å²) in [6, 6.07) is 8.03. The number of nitrogens with one attached hydrogen (secondary N) is 1. The minimum Gasteiger partial charge on any atom is -0.207 e. The van der Waals surface area contributed by atoms with Gasteiger partial charge in [0.05, 0.1) is 17.4 Å². The molecule has 0 amide bonds. The SMILES string of the molecule is C#CCC(CC)NS(=O)(=O)c1ccc(CC#N)cc1. The van der Waals surface area contributed by atoms with Crippen LogP contribution in [0.1, 0.15) is 25.3 Å². The molecule has 0 radical (unpaired) electrons. The van der Waals surface area contributed by atoms with Crippen LogP contribution in [0.15, 0.2) is 29.2 Å². The summed E-state index contributed by atoms with van der Waals surface area (Å²) in [4.78, 5) is 0.185. The number of sulfonamides is 1. The predicted octanol–water partition coefficient (Wildman–Crippen LogP) is 1.83. The van der Waals surface area contributed by atoms with E-state index in [0.29, 0.717) is 12.8 Å². The van der Waals surface area contributed by atoms with Crippen LogP contribution in [-0.2, 0) is 16.4 Å². The largest absolute Gasteiger partial charge is 0.240 e. The van der Waals surface area contributed by atoms with Crippen molar-refractivity contribution < 1.29 is 8.42 Å². The van der Waals surface area contributed by atoms with E-state index in [1.807, 2.05) is 13.0 Å². The molecule has 0 bridgehead atoms. The minimum atomic E-state index is -3.55. The molecule has 1 rings (SSSR count). The smallest absolute Gasteiger partial charge is 0.207 e. The minimum absolute atomic E-state index is 0.185. The molecule has 1 unspecified atom stereocenters. The molecule has 0 saturated heterocycles. The summed E-state index contributed by atoms with van der Waals surface area (Å²) in [5, 5.41) is 8.56. The first-order chi connectivity index (χ1) is 9.03. The van der Waals surface area contributed by atoms with Gasteiger partial charge in [0, 0.05) is 12.5 Å². The van der Waals surface area contributed by atoms with Gasteiger partial charge in [-0.2, -0.15) is 5.26 Å². The zero-order chi connectivity index (χ0) is 14.3. The number of nitriles is 1. The lowest BCUT2D eigenvalue weighted by atomic mass is 10.2. The van der Waals surface area contributed by atoms with Gasteiger partial charge in [0.1, 0.15) is 0 Å². The zero-order valence-electron chi connectivity index (χ0n) is 10.8. The first-order valence-electron chi connectivity index (χ1n) is 5.95. The van der Waals surface area contributed by atoms with Crippen molar-refractivity contribution in [3.63, 3.8) is 0 Å². The van der Waals surface area contributed by atoms with Crippen LogP contribution in [0.3, 0.4) is 0 Å². The highest BCUT2D eigenvalue weighted by Gasteiger charge is 2.18. The molecule has 100 valence electrons. The van der Waals surface area contributed by atoms with Gasteiger partial charge in [-0.25, -0.2) is 13.1 Å². The number of benzene rings is 1. The highest BCUT2D eigenvalue weighted by atomic mass is 32.2. The molecular weight excluding hydrogens is 260 g/mol. The van der Waals surface area contributed by atoms with E-state index in [4.69, 9.17) is 11.7 Å². The molecule has 0 aliphatic heterocycles. The molecule has 0 fully saturated rings. The fourth-order valence-corrected chi connectivity index (χ4v) is 2.90. The van der Waals surface area contributed by atoms with Crippen LogP contribution in [0.5, 0.6) is 0 Å². The summed E-state index contributed by atoms with van der Waals surface area (Å²) in [5.41, 5.74) is 0.789. The number of nitrogens with zero attached hydrogens (tertiary/aromatic N) is 1. The van der Waals surface area contributed by atoms with Gasteiger partial charge in [-0.15, -0.1) is 12.3 Å². The first-order valence-corrected chi connectivity index (χ1v) is 7.43. The monoisotopic (exact) mass is 276 g/mol. The molecule has 0 spiro atoms. The van der Waals surface area contributed by atoms with Gasteiger partial charge >= 0.3 is 0 Å². The Morgan fingerprint density at radius 3 is 2.47 bits per heavy atom. The van der Waals surface area contributed by atoms with E-state index in [1.165, 1.54) is 12.1 Å². The third kappa shape index (κ3) is 4.40. The Hall–Kier alpha value is -1.82.